The van der Waals surface area contributed by atoms with Crippen LogP contribution in [0.4, 0.5) is 0 Å². The fourth-order valence-electron chi connectivity index (χ4n) is 0.279. The summed E-state index contributed by atoms with van der Waals surface area (Å²) in [5.41, 5.74) is 0. The van der Waals surface area contributed by atoms with Gasteiger partial charge in [0.25, 0.3) is 0 Å². The molecule has 0 rings (SSSR count). The van der Waals surface area contributed by atoms with Crippen LogP contribution in [0.25, 0.3) is 0 Å². The van der Waals surface area contributed by atoms with E-state index in [2.05, 4.69) is 20.6 Å². The zero-order valence-corrected chi connectivity index (χ0v) is 11.2. The SMILES string of the molecule is C[CH2][In]/[CH]=C\[CH]=[In]. The molecule has 0 nitrogen and oxygen atoms in total. The molecule has 2 radical (unpaired) electrons. The monoisotopic (exact) mass is 298 g/mol. The first-order valence-electron chi connectivity index (χ1n) is 2.45. The molecular weight excluding hydrogens is 290 g/mol. The van der Waals surface area contributed by atoms with Gasteiger partial charge in [0.05, 0.1) is 0 Å². The Kier molecular flexibility index (Phi) is 8.77. The van der Waals surface area contributed by atoms with E-state index in [9.17, 15) is 0 Å². The molecule has 0 aliphatic rings. The predicted molar refractivity (Wildman–Crippen MR) is 37.2 cm³/mol. The van der Waals surface area contributed by atoms with Crippen LogP contribution >= 0.6 is 0 Å². The number of hydrogen-bond acceptors (Lipinski definition) is 0. The average molecular weight is 298 g/mol. The van der Waals surface area contributed by atoms with Crippen molar-refractivity contribution in [3.8, 4) is 0 Å². The van der Waals surface area contributed by atoms with E-state index in [1.807, 2.05) is 0 Å². The summed E-state index contributed by atoms with van der Waals surface area (Å²) in [5, 5.41) is 0. The van der Waals surface area contributed by atoms with Gasteiger partial charge in [-0.3, -0.25) is 0 Å². The van der Waals surface area contributed by atoms with E-state index in [1.165, 1.54) is 28.1 Å². The van der Waals surface area contributed by atoms with Gasteiger partial charge in [-0.25, -0.2) is 0 Å². The summed E-state index contributed by atoms with van der Waals surface area (Å²) in [6.07, 6.45) is 2.23. The Morgan fingerprint density at radius 3 is 2.86 bits per heavy atom. The molecule has 0 aromatic carbocycles. The van der Waals surface area contributed by atoms with E-state index >= 15 is 0 Å². The van der Waals surface area contributed by atoms with E-state index in [4.69, 9.17) is 0 Å². The van der Waals surface area contributed by atoms with Crippen molar-refractivity contribution in [2.24, 2.45) is 0 Å². The second kappa shape index (κ2) is 7.35. The van der Waals surface area contributed by atoms with E-state index in [-0.39, 0.29) is 22.9 Å². The Morgan fingerprint density at radius 1 is 1.71 bits per heavy atom. The summed E-state index contributed by atoms with van der Waals surface area (Å²) >= 11 is 1.12. The molecule has 0 saturated carbocycles. The van der Waals surface area contributed by atoms with Gasteiger partial charge in [-0.15, -0.1) is 0 Å². The van der Waals surface area contributed by atoms with Gasteiger partial charge in [-0.05, 0) is 0 Å². The fourth-order valence-corrected chi connectivity index (χ4v) is 4.33. The van der Waals surface area contributed by atoms with Crippen molar-refractivity contribution in [1.29, 1.82) is 0 Å². The van der Waals surface area contributed by atoms with Crippen LogP contribution in [0.3, 0.4) is 0 Å². The summed E-state index contributed by atoms with van der Waals surface area (Å²) in [5.74, 6) is 0. The first kappa shape index (κ1) is 8.35. The quantitative estimate of drug-likeness (QED) is 0.716. The fraction of sp³-hybridized carbons (Fsp3) is 0.400. The maximum atomic E-state index is 2.40. The Morgan fingerprint density at radius 2 is 2.43 bits per heavy atom. The number of hydrogen-bond donors (Lipinski definition) is 0. The molecule has 0 amide bonds. The molecule has 34 valence electrons. The van der Waals surface area contributed by atoms with Crippen LogP contribution in [-0.4, -0.2) is 50.6 Å². The minimum absolute atomic E-state index is 0.153. The Labute approximate surface area is 70.8 Å². The van der Waals surface area contributed by atoms with Gasteiger partial charge in [0.1, 0.15) is 0 Å². The molecule has 0 unspecified atom stereocenters. The normalized spacial score (nSPS) is 9.14. The topological polar surface area (TPSA) is 0 Å². The molecule has 0 saturated heterocycles. The van der Waals surface area contributed by atoms with Gasteiger partial charge in [0.15, 0.2) is 0 Å². The number of rotatable bonds is 3. The molecule has 0 bridgehead atoms. The zero-order chi connectivity index (χ0) is 5.54. The van der Waals surface area contributed by atoms with Crippen molar-refractivity contribution in [3.05, 3.63) is 9.91 Å². The molecule has 2 heteroatoms. The molecule has 0 aromatic heterocycles. The van der Waals surface area contributed by atoms with E-state index in [0.29, 0.717) is 0 Å². The molecule has 0 N–H and O–H groups in total. The first-order valence-corrected chi connectivity index (χ1v) is 8.58. The molecule has 0 heterocycles. The molecule has 0 atom stereocenters. The minimum atomic E-state index is -0.153. The Bertz CT molecular complexity index is 66.5. The molecule has 0 fully saturated rings. The first-order chi connectivity index (χ1) is 3.41. The van der Waals surface area contributed by atoms with Gasteiger partial charge in [-0.1, -0.05) is 0 Å². The van der Waals surface area contributed by atoms with Crippen LogP contribution in [0.2, 0.25) is 4.18 Å². The van der Waals surface area contributed by atoms with Crippen molar-refractivity contribution in [1.82, 2.24) is 0 Å². The van der Waals surface area contributed by atoms with Crippen molar-refractivity contribution < 1.29 is 0 Å². The predicted octanol–water partition coefficient (Wildman–Crippen LogP) is 0.613. The third-order valence-electron chi connectivity index (χ3n) is 0.594. The van der Waals surface area contributed by atoms with Gasteiger partial charge in [0, 0.05) is 0 Å². The van der Waals surface area contributed by atoms with Crippen LogP contribution < -0.4 is 0 Å². The standard InChI is InChI=1S/C3H3.C2H5.2In/c1-3-2;1-2;;/h1-3H;1H2,2H3;;. The van der Waals surface area contributed by atoms with E-state index < -0.39 is 0 Å². The summed E-state index contributed by atoms with van der Waals surface area (Å²) in [6, 6.07) is 0. The van der Waals surface area contributed by atoms with Gasteiger partial charge in [-0.2, -0.15) is 0 Å². The molecular formula is C5H8In2. The van der Waals surface area contributed by atoms with Crippen LogP contribution in [0.5, 0.6) is 0 Å². The van der Waals surface area contributed by atoms with Crippen LogP contribution in [-0.2, 0) is 0 Å². The van der Waals surface area contributed by atoms with Crippen LogP contribution in [0.1, 0.15) is 6.92 Å². The summed E-state index contributed by atoms with van der Waals surface area (Å²) < 4.78 is 6.09. The van der Waals surface area contributed by atoms with Crippen LogP contribution in [0.15, 0.2) is 9.91 Å². The second-order valence-corrected chi connectivity index (χ2v) is 7.09. The Balaban J connectivity index is 2.92. The van der Waals surface area contributed by atoms with Gasteiger partial charge >= 0.3 is 71.6 Å². The molecule has 0 aliphatic heterocycles. The van der Waals surface area contributed by atoms with Crippen molar-refractivity contribution in [2.45, 2.75) is 11.1 Å². The molecule has 7 heavy (non-hydrogen) atoms. The third-order valence-corrected chi connectivity index (χ3v) is 3.98. The third kappa shape index (κ3) is 7.35. The van der Waals surface area contributed by atoms with Crippen LogP contribution in [0, 0.1) is 0 Å². The molecule has 0 spiro atoms. The van der Waals surface area contributed by atoms with Crippen molar-refractivity contribution >= 4 is 50.6 Å². The summed E-state index contributed by atoms with van der Waals surface area (Å²) in [4.78, 5) is 0. The molecule has 0 aliphatic carbocycles. The van der Waals surface area contributed by atoms with Crippen molar-refractivity contribution in [2.75, 3.05) is 0 Å². The average Bonchev–Trinajstić information content (AvgIpc) is 1.69. The van der Waals surface area contributed by atoms with Gasteiger partial charge in [0.2, 0.25) is 0 Å². The number of allylic oxidation sites excluding steroid dienone is 1. The Hall–Kier alpha value is 1.35. The summed E-state index contributed by atoms with van der Waals surface area (Å²) in [7, 11) is 0. The van der Waals surface area contributed by atoms with Crippen molar-refractivity contribution in [3.63, 3.8) is 0 Å². The maximum absolute atomic E-state index is 2.40. The summed E-state index contributed by atoms with van der Waals surface area (Å²) in [6.45, 7) is 2.28. The van der Waals surface area contributed by atoms with Gasteiger partial charge < -0.3 is 0 Å². The van der Waals surface area contributed by atoms with E-state index in [0.717, 1.165) is 0 Å². The zero-order valence-electron chi connectivity index (χ0n) is 4.59. The van der Waals surface area contributed by atoms with E-state index in [1.54, 1.807) is 0 Å². The molecule has 0 aromatic rings. The second-order valence-electron chi connectivity index (χ2n) is 1.22.